The van der Waals surface area contributed by atoms with Gasteiger partial charge in [-0.25, -0.2) is 0 Å². The molecule has 2 aliphatic heterocycles. The average molecular weight is 314 g/mol. The molecule has 2 aliphatic rings. The van der Waals surface area contributed by atoms with Crippen LogP contribution in [0, 0.1) is 0 Å². The van der Waals surface area contributed by atoms with Crippen molar-refractivity contribution in [1.82, 2.24) is 4.90 Å². The van der Waals surface area contributed by atoms with Crippen molar-refractivity contribution in [3.05, 3.63) is 25.8 Å². The molecule has 0 atom stereocenters. The zero-order valence-corrected chi connectivity index (χ0v) is 13.7. The van der Waals surface area contributed by atoms with Crippen LogP contribution in [0.2, 0.25) is 0 Å². The van der Waals surface area contributed by atoms with E-state index in [1.54, 1.807) is 6.08 Å². The molecule has 0 aromatic rings. The first-order valence-electron chi connectivity index (χ1n) is 7.44. The second-order valence-corrected chi connectivity index (χ2v) is 4.35. The van der Waals surface area contributed by atoms with E-state index in [4.69, 9.17) is 10.5 Å². The monoisotopic (exact) mass is 314 g/mol. The van der Waals surface area contributed by atoms with Crippen LogP contribution < -0.4 is 5.73 Å². The standard InChI is InChI=1S/C7H16N2O.C4H4O3.C3H6.C2H4/c8-2-1-3-9-4-6-10-7-5-9;5-3-1-2-4(6)7-3;1-3-2;1-2/h1-8H2;1-2H2;3H,1H2,2H3;1-2H2. The first kappa shape index (κ1) is 22.8. The summed E-state index contributed by atoms with van der Waals surface area (Å²) in [4.78, 5) is 22.4. The normalized spacial score (nSPS) is 16.8. The fourth-order valence-electron chi connectivity index (χ4n) is 1.57. The SMILES string of the molecule is C=C.C=CC.NCCCN1CCOCC1.O=C1CCC(=O)O1. The van der Waals surface area contributed by atoms with E-state index in [2.05, 4.69) is 29.4 Å². The minimum absolute atomic E-state index is 0.263. The Kier molecular flexibility index (Phi) is 18.2. The summed E-state index contributed by atoms with van der Waals surface area (Å²) in [6.45, 7) is 17.1. The molecule has 2 rings (SSSR count). The Balaban J connectivity index is 0. The van der Waals surface area contributed by atoms with E-state index in [-0.39, 0.29) is 12.8 Å². The van der Waals surface area contributed by atoms with Crippen molar-refractivity contribution in [2.75, 3.05) is 39.4 Å². The fourth-order valence-corrected chi connectivity index (χ4v) is 1.57. The van der Waals surface area contributed by atoms with Crippen molar-refractivity contribution < 1.29 is 19.1 Å². The van der Waals surface area contributed by atoms with Crippen LogP contribution in [0.4, 0.5) is 0 Å². The van der Waals surface area contributed by atoms with Gasteiger partial charge in [-0.05, 0) is 26.4 Å². The highest BCUT2D eigenvalue weighted by Crippen LogP contribution is 2.03. The van der Waals surface area contributed by atoms with E-state index >= 15 is 0 Å². The topological polar surface area (TPSA) is 81.9 Å². The molecule has 0 aromatic heterocycles. The highest BCUT2D eigenvalue weighted by molar-refractivity contribution is 5.92. The Morgan fingerprint density at radius 2 is 1.64 bits per heavy atom. The molecule has 0 spiro atoms. The van der Waals surface area contributed by atoms with Crippen molar-refractivity contribution in [1.29, 1.82) is 0 Å². The number of rotatable bonds is 3. The Morgan fingerprint density at radius 1 is 1.18 bits per heavy atom. The summed E-state index contributed by atoms with van der Waals surface area (Å²) >= 11 is 0. The fraction of sp³-hybridized carbons (Fsp3) is 0.625. The molecule has 6 heteroatoms. The summed E-state index contributed by atoms with van der Waals surface area (Å²) in [5.74, 6) is -0.796. The van der Waals surface area contributed by atoms with Gasteiger partial charge in [0, 0.05) is 13.1 Å². The maximum atomic E-state index is 10.0. The zero-order valence-electron chi connectivity index (χ0n) is 13.7. The highest BCUT2D eigenvalue weighted by atomic mass is 16.6. The summed E-state index contributed by atoms with van der Waals surface area (Å²) in [7, 11) is 0. The number of allylic oxidation sites excluding steroid dienone is 1. The van der Waals surface area contributed by atoms with Gasteiger partial charge in [0.2, 0.25) is 0 Å². The van der Waals surface area contributed by atoms with Crippen molar-refractivity contribution in [3.63, 3.8) is 0 Å². The number of nitrogens with two attached hydrogens (primary N) is 1. The average Bonchev–Trinajstić information content (AvgIpc) is 2.93. The summed E-state index contributed by atoms with van der Waals surface area (Å²) in [6, 6.07) is 0. The quantitative estimate of drug-likeness (QED) is 0.483. The minimum atomic E-state index is -0.398. The molecule has 2 saturated heterocycles. The van der Waals surface area contributed by atoms with Gasteiger partial charge in [0.1, 0.15) is 0 Å². The van der Waals surface area contributed by atoms with E-state index in [1.807, 2.05) is 6.92 Å². The first-order chi connectivity index (χ1) is 10.6. The third kappa shape index (κ3) is 14.9. The molecule has 0 unspecified atom stereocenters. The van der Waals surface area contributed by atoms with Crippen LogP contribution in [-0.2, 0) is 19.1 Å². The number of nitrogens with zero attached hydrogens (tertiary/aromatic N) is 1. The van der Waals surface area contributed by atoms with Crippen molar-refractivity contribution in [2.24, 2.45) is 5.73 Å². The van der Waals surface area contributed by atoms with Gasteiger partial charge in [0.25, 0.3) is 0 Å². The zero-order chi connectivity index (χ0) is 17.2. The predicted octanol–water partition coefficient (Wildman–Crippen LogP) is 1.51. The Labute approximate surface area is 133 Å². The summed E-state index contributed by atoms with van der Waals surface area (Å²) < 4.78 is 9.29. The van der Waals surface area contributed by atoms with Crippen molar-refractivity contribution >= 4 is 11.9 Å². The van der Waals surface area contributed by atoms with Gasteiger partial charge in [0.15, 0.2) is 0 Å². The Bertz CT molecular complexity index is 289. The molecule has 0 aromatic carbocycles. The number of carbonyl (C=O) groups is 2. The van der Waals surface area contributed by atoms with E-state index in [9.17, 15) is 9.59 Å². The lowest BCUT2D eigenvalue weighted by Gasteiger charge is -2.26. The number of ether oxygens (including phenoxy) is 2. The van der Waals surface area contributed by atoms with Gasteiger partial charge in [-0.3, -0.25) is 14.5 Å². The van der Waals surface area contributed by atoms with Crippen LogP contribution in [0.15, 0.2) is 25.8 Å². The van der Waals surface area contributed by atoms with Gasteiger partial charge in [-0.15, -0.1) is 19.7 Å². The van der Waals surface area contributed by atoms with Crippen LogP contribution in [0.5, 0.6) is 0 Å². The van der Waals surface area contributed by atoms with Gasteiger partial charge < -0.3 is 15.2 Å². The molecule has 2 fully saturated rings. The molecule has 0 bridgehead atoms. The Hall–Kier alpha value is -1.50. The van der Waals surface area contributed by atoms with Crippen LogP contribution in [-0.4, -0.2) is 56.2 Å². The van der Waals surface area contributed by atoms with Crippen molar-refractivity contribution in [3.8, 4) is 0 Å². The van der Waals surface area contributed by atoms with E-state index in [0.29, 0.717) is 0 Å². The largest absolute Gasteiger partial charge is 0.393 e. The number of hydrogen-bond acceptors (Lipinski definition) is 6. The lowest BCUT2D eigenvalue weighted by atomic mass is 10.3. The summed E-state index contributed by atoms with van der Waals surface area (Å²) in [6.07, 6.45) is 3.39. The molecule has 2 heterocycles. The van der Waals surface area contributed by atoms with Crippen LogP contribution >= 0.6 is 0 Å². The number of hydrogen-bond donors (Lipinski definition) is 1. The number of morpholine rings is 1. The molecule has 0 aliphatic carbocycles. The molecule has 0 amide bonds. The molecule has 2 N–H and O–H groups in total. The summed E-state index contributed by atoms with van der Waals surface area (Å²) in [5, 5.41) is 0. The van der Waals surface area contributed by atoms with E-state index < -0.39 is 11.9 Å². The molecule has 0 saturated carbocycles. The van der Waals surface area contributed by atoms with Gasteiger partial charge in [0.05, 0.1) is 26.1 Å². The predicted molar refractivity (Wildman–Crippen MR) is 88.4 cm³/mol. The lowest BCUT2D eigenvalue weighted by molar-refractivity contribution is -0.151. The number of cyclic esters (lactones) is 2. The second kappa shape index (κ2) is 17.6. The van der Waals surface area contributed by atoms with Crippen LogP contribution in [0.1, 0.15) is 26.2 Å². The molecule has 128 valence electrons. The smallest absolute Gasteiger partial charge is 0.314 e. The number of carbonyl (C=O) groups excluding carboxylic acids is 2. The molecule has 0 radical (unpaired) electrons. The lowest BCUT2D eigenvalue weighted by Crippen LogP contribution is -2.37. The van der Waals surface area contributed by atoms with Crippen LogP contribution in [0.3, 0.4) is 0 Å². The maximum absolute atomic E-state index is 10.0. The van der Waals surface area contributed by atoms with Gasteiger partial charge in [-0.1, -0.05) is 6.08 Å². The molecule has 22 heavy (non-hydrogen) atoms. The second-order valence-electron chi connectivity index (χ2n) is 4.35. The molecular formula is C16H30N2O4. The van der Waals surface area contributed by atoms with Gasteiger partial charge in [-0.2, -0.15) is 0 Å². The minimum Gasteiger partial charge on any atom is -0.393 e. The first-order valence-corrected chi connectivity index (χ1v) is 7.44. The maximum Gasteiger partial charge on any atom is 0.314 e. The van der Waals surface area contributed by atoms with Crippen LogP contribution in [0.25, 0.3) is 0 Å². The third-order valence-corrected chi connectivity index (χ3v) is 2.54. The van der Waals surface area contributed by atoms with E-state index in [1.165, 1.54) is 0 Å². The Morgan fingerprint density at radius 3 is 1.95 bits per heavy atom. The number of esters is 2. The third-order valence-electron chi connectivity index (χ3n) is 2.54. The molecule has 6 nitrogen and oxygen atoms in total. The van der Waals surface area contributed by atoms with Crippen molar-refractivity contribution in [2.45, 2.75) is 26.2 Å². The molecular weight excluding hydrogens is 284 g/mol. The summed E-state index contributed by atoms with van der Waals surface area (Å²) in [5.41, 5.74) is 5.39. The van der Waals surface area contributed by atoms with Gasteiger partial charge >= 0.3 is 11.9 Å². The highest BCUT2D eigenvalue weighted by Gasteiger charge is 2.19. The van der Waals surface area contributed by atoms with E-state index in [0.717, 1.165) is 45.8 Å².